The number of nitrogens with one attached hydrogen (secondary N) is 2. The molecule has 0 rings (SSSR count). The van der Waals surface area contributed by atoms with Crippen molar-refractivity contribution < 1.29 is 13.2 Å². The Kier molecular flexibility index (Phi) is 13.0. The number of hydrogen-bond donors (Lipinski definition) is 2. The van der Waals surface area contributed by atoms with Gasteiger partial charge in [-0.15, -0.1) is 0 Å². The maximum atomic E-state index is 11.0. The molecule has 1 atom stereocenters. The Hall–Kier alpha value is -0.860. The third-order valence-electron chi connectivity index (χ3n) is 3.75. The SMILES string of the molecule is CCN(CC)CCCC(C)NC(=NC)NCCOCCS(C)(=O)=O. The fourth-order valence-electron chi connectivity index (χ4n) is 2.22. The van der Waals surface area contributed by atoms with Crippen LogP contribution in [-0.4, -0.2) is 83.8 Å². The van der Waals surface area contributed by atoms with E-state index in [1.807, 2.05) is 0 Å². The fourth-order valence-corrected chi connectivity index (χ4v) is 2.64. The maximum Gasteiger partial charge on any atom is 0.191 e. The van der Waals surface area contributed by atoms with Gasteiger partial charge in [0.05, 0.1) is 19.0 Å². The van der Waals surface area contributed by atoms with E-state index in [9.17, 15) is 8.42 Å². The topological polar surface area (TPSA) is 83.0 Å². The van der Waals surface area contributed by atoms with Crippen LogP contribution in [0.25, 0.3) is 0 Å². The fraction of sp³-hybridized carbons (Fsp3) is 0.938. The van der Waals surface area contributed by atoms with Gasteiger partial charge in [0, 0.05) is 25.9 Å². The summed E-state index contributed by atoms with van der Waals surface area (Å²) in [5.41, 5.74) is 0. The van der Waals surface area contributed by atoms with Crippen LogP contribution in [-0.2, 0) is 14.6 Å². The van der Waals surface area contributed by atoms with E-state index >= 15 is 0 Å². The highest BCUT2D eigenvalue weighted by Gasteiger charge is 2.06. The molecule has 7 nitrogen and oxygen atoms in total. The summed E-state index contributed by atoms with van der Waals surface area (Å²) in [6.45, 7) is 11.1. The van der Waals surface area contributed by atoms with Crippen molar-refractivity contribution >= 4 is 15.8 Å². The van der Waals surface area contributed by atoms with E-state index in [0.29, 0.717) is 19.2 Å². The minimum atomic E-state index is -2.95. The molecule has 0 fully saturated rings. The Labute approximate surface area is 148 Å². The lowest BCUT2D eigenvalue weighted by Crippen LogP contribution is -2.43. The Morgan fingerprint density at radius 1 is 1.25 bits per heavy atom. The normalized spacial score (nSPS) is 14.0. The van der Waals surface area contributed by atoms with Gasteiger partial charge in [0.25, 0.3) is 0 Å². The van der Waals surface area contributed by atoms with Crippen LogP contribution < -0.4 is 10.6 Å². The van der Waals surface area contributed by atoms with Gasteiger partial charge in [-0.05, 0) is 39.4 Å². The molecular weight excluding hydrogens is 328 g/mol. The molecule has 0 aromatic heterocycles. The van der Waals surface area contributed by atoms with E-state index in [-0.39, 0.29) is 12.4 Å². The van der Waals surface area contributed by atoms with Crippen molar-refractivity contribution in [2.75, 3.05) is 58.4 Å². The largest absolute Gasteiger partial charge is 0.379 e. The standard InChI is InChI=1S/C16H36N4O3S/c1-6-20(7-2)11-8-9-15(3)19-16(17-4)18-10-12-23-13-14-24(5,21)22/h15H,6-14H2,1-5H3,(H2,17,18,19). The van der Waals surface area contributed by atoms with E-state index in [0.717, 1.165) is 38.4 Å². The van der Waals surface area contributed by atoms with Gasteiger partial charge >= 0.3 is 0 Å². The van der Waals surface area contributed by atoms with Crippen LogP contribution in [0.3, 0.4) is 0 Å². The van der Waals surface area contributed by atoms with E-state index in [1.54, 1.807) is 7.05 Å². The zero-order valence-electron chi connectivity index (χ0n) is 16.0. The van der Waals surface area contributed by atoms with Crippen molar-refractivity contribution in [3.8, 4) is 0 Å². The molecule has 24 heavy (non-hydrogen) atoms. The molecule has 0 radical (unpaired) electrons. The number of guanidine groups is 1. The summed E-state index contributed by atoms with van der Waals surface area (Å²) in [6, 6.07) is 0.345. The third-order valence-corrected chi connectivity index (χ3v) is 4.66. The van der Waals surface area contributed by atoms with Crippen LogP contribution in [0.15, 0.2) is 4.99 Å². The molecule has 0 saturated heterocycles. The van der Waals surface area contributed by atoms with Gasteiger partial charge in [0.2, 0.25) is 0 Å². The highest BCUT2D eigenvalue weighted by molar-refractivity contribution is 7.90. The monoisotopic (exact) mass is 364 g/mol. The highest BCUT2D eigenvalue weighted by atomic mass is 32.2. The molecule has 0 aromatic rings. The van der Waals surface area contributed by atoms with E-state index in [4.69, 9.17) is 4.74 Å². The zero-order chi connectivity index (χ0) is 18.4. The van der Waals surface area contributed by atoms with E-state index in [2.05, 4.69) is 41.3 Å². The third kappa shape index (κ3) is 13.6. The van der Waals surface area contributed by atoms with Gasteiger partial charge in [-0.25, -0.2) is 8.42 Å². The first kappa shape index (κ1) is 23.1. The lowest BCUT2D eigenvalue weighted by molar-refractivity contribution is 0.154. The quantitative estimate of drug-likeness (QED) is 0.285. The average molecular weight is 365 g/mol. The van der Waals surface area contributed by atoms with Gasteiger partial charge in [0.1, 0.15) is 9.84 Å². The van der Waals surface area contributed by atoms with Crippen molar-refractivity contribution in [1.29, 1.82) is 0 Å². The lowest BCUT2D eigenvalue weighted by Gasteiger charge is -2.21. The summed E-state index contributed by atoms with van der Waals surface area (Å²) < 4.78 is 27.3. The Morgan fingerprint density at radius 3 is 2.46 bits per heavy atom. The van der Waals surface area contributed by atoms with E-state index < -0.39 is 9.84 Å². The molecule has 0 saturated carbocycles. The van der Waals surface area contributed by atoms with Crippen LogP contribution >= 0.6 is 0 Å². The summed E-state index contributed by atoms with van der Waals surface area (Å²) in [6.07, 6.45) is 3.45. The minimum absolute atomic E-state index is 0.0591. The second-order valence-corrected chi connectivity index (χ2v) is 8.22. The molecule has 0 amide bonds. The molecule has 0 aliphatic carbocycles. The van der Waals surface area contributed by atoms with Gasteiger partial charge < -0.3 is 20.3 Å². The first-order valence-electron chi connectivity index (χ1n) is 8.77. The summed E-state index contributed by atoms with van der Waals surface area (Å²) in [5, 5.41) is 6.53. The van der Waals surface area contributed by atoms with Crippen LogP contribution in [0.1, 0.15) is 33.6 Å². The zero-order valence-corrected chi connectivity index (χ0v) is 16.8. The average Bonchev–Trinajstić information content (AvgIpc) is 2.52. The molecule has 0 heterocycles. The van der Waals surface area contributed by atoms with E-state index in [1.165, 1.54) is 6.26 Å². The van der Waals surface area contributed by atoms with Crippen LogP contribution in [0.5, 0.6) is 0 Å². The minimum Gasteiger partial charge on any atom is -0.379 e. The van der Waals surface area contributed by atoms with Gasteiger partial charge in [-0.1, -0.05) is 13.8 Å². The Balaban J connectivity index is 3.82. The number of rotatable bonds is 13. The maximum absolute atomic E-state index is 11.0. The van der Waals surface area contributed by atoms with Crippen LogP contribution in [0, 0.1) is 0 Å². The summed E-state index contributed by atoms with van der Waals surface area (Å²) in [4.78, 5) is 6.62. The molecule has 1 unspecified atom stereocenters. The Morgan fingerprint density at radius 2 is 1.92 bits per heavy atom. The predicted octanol–water partition coefficient (Wildman–Crippen LogP) is 0.723. The molecule has 0 bridgehead atoms. The van der Waals surface area contributed by atoms with Crippen molar-refractivity contribution in [3.05, 3.63) is 0 Å². The van der Waals surface area contributed by atoms with Gasteiger partial charge in [-0.3, -0.25) is 4.99 Å². The summed E-state index contributed by atoms with van der Waals surface area (Å²) in [5.74, 6) is 0.806. The van der Waals surface area contributed by atoms with Gasteiger partial charge in [0.15, 0.2) is 5.96 Å². The van der Waals surface area contributed by atoms with Crippen molar-refractivity contribution in [2.24, 2.45) is 4.99 Å². The number of hydrogen-bond acceptors (Lipinski definition) is 5. The summed E-state index contributed by atoms with van der Waals surface area (Å²) in [7, 11) is -1.21. The lowest BCUT2D eigenvalue weighted by atomic mass is 10.2. The van der Waals surface area contributed by atoms with Gasteiger partial charge in [-0.2, -0.15) is 0 Å². The molecule has 0 spiro atoms. The molecular formula is C16H36N4O3S. The number of aliphatic imine (C=N–C) groups is 1. The molecule has 2 N–H and O–H groups in total. The molecule has 144 valence electrons. The molecule has 0 aliphatic heterocycles. The number of sulfone groups is 1. The van der Waals surface area contributed by atoms with Crippen molar-refractivity contribution in [2.45, 2.75) is 39.7 Å². The first-order valence-corrected chi connectivity index (χ1v) is 10.8. The second kappa shape index (κ2) is 13.4. The first-order chi connectivity index (χ1) is 11.3. The Bertz CT molecular complexity index is 437. The van der Waals surface area contributed by atoms with Crippen molar-refractivity contribution in [3.63, 3.8) is 0 Å². The second-order valence-electron chi connectivity index (χ2n) is 5.96. The molecule has 8 heteroatoms. The number of ether oxygens (including phenoxy) is 1. The molecule has 0 aromatic carbocycles. The smallest absolute Gasteiger partial charge is 0.191 e. The molecule has 0 aliphatic rings. The van der Waals surface area contributed by atoms with Crippen LogP contribution in [0.2, 0.25) is 0 Å². The van der Waals surface area contributed by atoms with Crippen molar-refractivity contribution in [1.82, 2.24) is 15.5 Å². The predicted molar refractivity (Wildman–Crippen MR) is 102 cm³/mol. The number of nitrogens with zero attached hydrogens (tertiary/aromatic N) is 2. The van der Waals surface area contributed by atoms with Crippen LogP contribution in [0.4, 0.5) is 0 Å². The highest BCUT2D eigenvalue weighted by Crippen LogP contribution is 1.99. The summed E-state index contributed by atoms with van der Waals surface area (Å²) >= 11 is 0.